The van der Waals surface area contributed by atoms with E-state index < -0.39 is 0 Å². The van der Waals surface area contributed by atoms with Crippen molar-refractivity contribution in [3.8, 4) is 0 Å². The maximum absolute atomic E-state index is 12.9. The number of rotatable bonds is 4. The van der Waals surface area contributed by atoms with Crippen LogP contribution in [0.3, 0.4) is 0 Å². The van der Waals surface area contributed by atoms with Crippen LogP contribution >= 0.6 is 12.4 Å². The number of fused-ring (bicyclic) bond motifs is 2. The van der Waals surface area contributed by atoms with E-state index in [1.54, 1.807) is 0 Å². The molecule has 2 atom stereocenters. The number of halogens is 1. The molecule has 2 N–H and O–H groups in total. The molecule has 4 heteroatoms. The third-order valence-corrected chi connectivity index (χ3v) is 5.23. The van der Waals surface area contributed by atoms with Gasteiger partial charge in [0.25, 0.3) is 0 Å². The highest BCUT2D eigenvalue weighted by atomic mass is 35.5. The van der Waals surface area contributed by atoms with Gasteiger partial charge in [0.1, 0.15) is 0 Å². The summed E-state index contributed by atoms with van der Waals surface area (Å²) < 4.78 is 0. The quantitative estimate of drug-likeness (QED) is 0.863. The highest BCUT2D eigenvalue weighted by Gasteiger charge is 2.41. The van der Waals surface area contributed by atoms with Gasteiger partial charge in [0, 0.05) is 24.5 Å². The molecule has 2 bridgehead atoms. The van der Waals surface area contributed by atoms with Crippen molar-refractivity contribution in [1.82, 2.24) is 4.90 Å². The van der Waals surface area contributed by atoms with Gasteiger partial charge in [-0.05, 0) is 57.3 Å². The van der Waals surface area contributed by atoms with Gasteiger partial charge in [-0.1, -0.05) is 20.3 Å². The monoisotopic (exact) mass is 316 g/mol. The molecule has 2 aliphatic carbocycles. The molecule has 2 unspecified atom stereocenters. The van der Waals surface area contributed by atoms with Crippen molar-refractivity contribution < 1.29 is 4.79 Å². The Morgan fingerprint density at radius 2 is 1.67 bits per heavy atom. The molecule has 0 heterocycles. The summed E-state index contributed by atoms with van der Waals surface area (Å²) in [5, 5.41) is 0. The first kappa shape index (κ1) is 18.8. The van der Waals surface area contributed by atoms with Crippen molar-refractivity contribution in [3.63, 3.8) is 0 Å². The van der Waals surface area contributed by atoms with Crippen LogP contribution < -0.4 is 5.73 Å². The largest absolute Gasteiger partial charge is 0.340 e. The summed E-state index contributed by atoms with van der Waals surface area (Å²) in [4.78, 5) is 15.0. The zero-order chi connectivity index (χ0) is 14.9. The van der Waals surface area contributed by atoms with E-state index in [0.29, 0.717) is 35.7 Å². The number of nitrogens with zero attached hydrogens (tertiary/aromatic N) is 1. The lowest BCUT2D eigenvalue weighted by atomic mass is 9.65. The van der Waals surface area contributed by atoms with Crippen LogP contribution in [0.5, 0.6) is 0 Å². The van der Waals surface area contributed by atoms with Crippen LogP contribution in [0, 0.1) is 23.7 Å². The molecule has 2 aliphatic rings. The molecule has 0 radical (unpaired) electrons. The summed E-state index contributed by atoms with van der Waals surface area (Å²) in [6.07, 6.45) is 5.82. The van der Waals surface area contributed by atoms with Gasteiger partial charge in [-0.3, -0.25) is 4.79 Å². The third-order valence-electron chi connectivity index (χ3n) is 5.23. The predicted molar refractivity (Wildman–Crippen MR) is 90.5 cm³/mol. The molecule has 0 aromatic rings. The standard InChI is InChI=1S/C17H32N2O.ClH/c1-11(2)10-19(12(3)4)17(20)15-8-13-6-5-7-14(9-15)16(13)18;/h11-16H,5-10,18H2,1-4H3;1H. The number of carbonyl (C=O) groups is 1. The molecule has 2 fully saturated rings. The normalized spacial score (nSPS) is 32.0. The van der Waals surface area contributed by atoms with Gasteiger partial charge in [0.2, 0.25) is 5.91 Å². The Balaban J connectivity index is 0.00000220. The van der Waals surface area contributed by atoms with Gasteiger partial charge in [0.15, 0.2) is 0 Å². The Morgan fingerprint density at radius 3 is 2.10 bits per heavy atom. The second-order valence-corrected chi connectivity index (χ2v) is 7.67. The smallest absolute Gasteiger partial charge is 0.225 e. The van der Waals surface area contributed by atoms with Crippen LogP contribution in [0.2, 0.25) is 0 Å². The van der Waals surface area contributed by atoms with Gasteiger partial charge in [-0.2, -0.15) is 0 Å². The summed E-state index contributed by atoms with van der Waals surface area (Å²) in [5.74, 6) is 2.32. The van der Waals surface area contributed by atoms with E-state index >= 15 is 0 Å². The van der Waals surface area contributed by atoms with Crippen molar-refractivity contribution in [2.24, 2.45) is 29.4 Å². The maximum Gasteiger partial charge on any atom is 0.225 e. The molecule has 0 aliphatic heterocycles. The van der Waals surface area contributed by atoms with E-state index in [1.165, 1.54) is 19.3 Å². The average molecular weight is 317 g/mol. The van der Waals surface area contributed by atoms with Crippen molar-refractivity contribution in [1.29, 1.82) is 0 Å². The van der Waals surface area contributed by atoms with E-state index in [-0.39, 0.29) is 18.3 Å². The molecule has 0 aromatic heterocycles. The average Bonchev–Trinajstić information content (AvgIpc) is 2.34. The Bertz CT molecular complexity index is 332. The number of hydrogen-bond acceptors (Lipinski definition) is 2. The summed E-state index contributed by atoms with van der Waals surface area (Å²) in [6.45, 7) is 9.53. The first-order valence-electron chi connectivity index (χ1n) is 8.46. The topological polar surface area (TPSA) is 46.3 Å². The number of carbonyl (C=O) groups excluding carboxylic acids is 1. The Hall–Kier alpha value is -0.280. The van der Waals surface area contributed by atoms with Crippen LogP contribution in [-0.2, 0) is 4.79 Å². The lowest BCUT2D eigenvalue weighted by molar-refractivity contribution is -0.141. The summed E-state index contributed by atoms with van der Waals surface area (Å²) in [7, 11) is 0. The fraction of sp³-hybridized carbons (Fsp3) is 0.941. The molecule has 0 saturated heterocycles. The van der Waals surface area contributed by atoms with Crippen molar-refractivity contribution in [2.75, 3.05) is 6.54 Å². The maximum atomic E-state index is 12.9. The van der Waals surface area contributed by atoms with E-state index in [2.05, 4.69) is 32.6 Å². The summed E-state index contributed by atoms with van der Waals surface area (Å²) in [5.41, 5.74) is 6.34. The molecule has 1 amide bonds. The molecule has 0 aromatic carbocycles. The minimum Gasteiger partial charge on any atom is -0.340 e. The lowest BCUT2D eigenvalue weighted by Crippen LogP contribution is -2.51. The zero-order valence-corrected chi connectivity index (χ0v) is 14.9. The number of hydrogen-bond donors (Lipinski definition) is 1. The van der Waals surface area contributed by atoms with Crippen LogP contribution in [0.1, 0.15) is 59.8 Å². The second kappa shape index (κ2) is 7.82. The van der Waals surface area contributed by atoms with Gasteiger partial charge < -0.3 is 10.6 Å². The fourth-order valence-corrected chi connectivity index (χ4v) is 4.17. The SMILES string of the molecule is CC(C)CN(C(=O)C1CC2CCCC(C1)C2N)C(C)C.Cl. The van der Waals surface area contributed by atoms with Gasteiger partial charge in [-0.25, -0.2) is 0 Å². The molecule has 3 nitrogen and oxygen atoms in total. The third kappa shape index (κ3) is 4.35. The van der Waals surface area contributed by atoms with E-state index in [0.717, 1.165) is 19.4 Å². The highest BCUT2D eigenvalue weighted by Crippen LogP contribution is 2.42. The van der Waals surface area contributed by atoms with Crippen LogP contribution in [0.15, 0.2) is 0 Å². The zero-order valence-electron chi connectivity index (χ0n) is 14.0. The Morgan fingerprint density at radius 1 is 1.14 bits per heavy atom. The fourth-order valence-electron chi connectivity index (χ4n) is 4.17. The molecule has 0 spiro atoms. The number of nitrogens with two attached hydrogens (primary N) is 1. The van der Waals surface area contributed by atoms with Gasteiger partial charge >= 0.3 is 0 Å². The van der Waals surface area contributed by atoms with Crippen LogP contribution in [-0.4, -0.2) is 29.4 Å². The molecule has 124 valence electrons. The molecule has 2 rings (SSSR count). The molecule has 21 heavy (non-hydrogen) atoms. The summed E-state index contributed by atoms with van der Waals surface area (Å²) >= 11 is 0. The van der Waals surface area contributed by atoms with E-state index in [4.69, 9.17) is 5.73 Å². The molecule has 2 saturated carbocycles. The highest BCUT2D eigenvalue weighted by molar-refractivity contribution is 5.85. The summed E-state index contributed by atoms with van der Waals surface area (Å²) in [6, 6.07) is 0.658. The van der Waals surface area contributed by atoms with Crippen molar-refractivity contribution >= 4 is 18.3 Å². The molecular weight excluding hydrogens is 284 g/mol. The lowest BCUT2D eigenvalue weighted by Gasteiger charge is -2.45. The van der Waals surface area contributed by atoms with Crippen molar-refractivity contribution in [2.45, 2.75) is 71.9 Å². The minimum absolute atomic E-state index is 0. The predicted octanol–water partition coefficient (Wildman–Crippen LogP) is 3.45. The minimum atomic E-state index is 0. The first-order chi connectivity index (χ1) is 9.40. The van der Waals surface area contributed by atoms with Crippen LogP contribution in [0.4, 0.5) is 0 Å². The first-order valence-corrected chi connectivity index (χ1v) is 8.46. The Kier molecular flexibility index (Phi) is 6.99. The number of amides is 1. The second-order valence-electron chi connectivity index (χ2n) is 7.67. The van der Waals surface area contributed by atoms with Gasteiger partial charge in [-0.15, -0.1) is 12.4 Å². The molecular formula is C17H33ClN2O. The van der Waals surface area contributed by atoms with E-state index in [9.17, 15) is 4.79 Å². The Labute approximate surface area is 136 Å². The van der Waals surface area contributed by atoms with E-state index in [1.807, 2.05) is 0 Å². The van der Waals surface area contributed by atoms with Gasteiger partial charge in [0.05, 0.1) is 0 Å². The van der Waals surface area contributed by atoms with Crippen LogP contribution in [0.25, 0.3) is 0 Å². The van der Waals surface area contributed by atoms with Crippen molar-refractivity contribution in [3.05, 3.63) is 0 Å².